The molecule has 0 bridgehead atoms. The predicted molar refractivity (Wildman–Crippen MR) is 63.0 cm³/mol. The highest BCUT2D eigenvalue weighted by Crippen LogP contribution is 2.27. The van der Waals surface area contributed by atoms with Crippen LogP contribution in [0.5, 0.6) is 0 Å². The summed E-state index contributed by atoms with van der Waals surface area (Å²) in [7, 11) is 0. The minimum atomic E-state index is -0.396. The van der Waals surface area contributed by atoms with Gasteiger partial charge in [-0.25, -0.2) is 0 Å². The maximum Gasteiger partial charge on any atom is 0.0781 e. The molecule has 0 aromatic heterocycles. The molecule has 80 valence electrons. The van der Waals surface area contributed by atoms with E-state index in [1.54, 1.807) is 0 Å². The van der Waals surface area contributed by atoms with Gasteiger partial charge in [0, 0.05) is 24.3 Å². The van der Waals surface area contributed by atoms with Crippen molar-refractivity contribution in [2.45, 2.75) is 19.4 Å². The first-order valence-corrected chi connectivity index (χ1v) is 5.46. The number of para-hydroxylation sites is 1. The fourth-order valence-corrected chi connectivity index (χ4v) is 1.99. The van der Waals surface area contributed by atoms with Crippen LogP contribution in [0.15, 0.2) is 36.4 Å². The van der Waals surface area contributed by atoms with Crippen LogP contribution >= 0.6 is 0 Å². The molecule has 1 unspecified atom stereocenters. The summed E-state index contributed by atoms with van der Waals surface area (Å²) < 4.78 is 0. The first-order chi connectivity index (χ1) is 7.29. The van der Waals surface area contributed by atoms with Crippen LogP contribution in [0.1, 0.15) is 25.0 Å². The largest absolute Gasteiger partial charge is 0.389 e. The van der Waals surface area contributed by atoms with Gasteiger partial charge in [0.2, 0.25) is 0 Å². The van der Waals surface area contributed by atoms with Gasteiger partial charge in [-0.2, -0.15) is 0 Å². The molecule has 0 spiro atoms. The molecule has 1 N–H and O–H groups in total. The first kappa shape index (κ1) is 10.2. The summed E-state index contributed by atoms with van der Waals surface area (Å²) in [4.78, 5) is 2.31. The Morgan fingerprint density at radius 1 is 1.27 bits per heavy atom. The zero-order valence-corrected chi connectivity index (χ0v) is 9.06. The van der Waals surface area contributed by atoms with Crippen molar-refractivity contribution in [3.05, 3.63) is 42.0 Å². The van der Waals surface area contributed by atoms with Crippen LogP contribution in [0.3, 0.4) is 0 Å². The Labute approximate surface area is 90.8 Å². The summed E-state index contributed by atoms with van der Waals surface area (Å²) in [5.41, 5.74) is 2.18. The molecule has 1 aliphatic rings. The van der Waals surface area contributed by atoms with E-state index < -0.39 is 6.10 Å². The third kappa shape index (κ3) is 2.21. The maximum absolute atomic E-state index is 9.69. The average molecular weight is 203 g/mol. The number of rotatable bonds is 2. The average Bonchev–Trinajstić information content (AvgIpc) is 2.30. The second kappa shape index (κ2) is 4.49. The van der Waals surface area contributed by atoms with E-state index in [1.165, 1.54) is 0 Å². The SMILES string of the molecule is CC(O)c1ccccc1N1CC=CCC1. The third-order valence-corrected chi connectivity index (χ3v) is 2.79. The van der Waals surface area contributed by atoms with E-state index in [4.69, 9.17) is 0 Å². The summed E-state index contributed by atoms with van der Waals surface area (Å²) in [5, 5.41) is 9.69. The number of nitrogens with zero attached hydrogens (tertiary/aromatic N) is 1. The normalized spacial score (nSPS) is 17.9. The van der Waals surface area contributed by atoms with E-state index in [0.29, 0.717) is 0 Å². The van der Waals surface area contributed by atoms with Gasteiger partial charge in [-0.05, 0) is 19.4 Å². The monoisotopic (exact) mass is 203 g/mol. The molecule has 15 heavy (non-hydrogen) atoms. The van der Waals surface area contributed by atoms with Crippen molar-refractivity contribution in [3.8, 4) is 0 Å². The Balaban J connectivity index is 2.30. The van der Waals surface area contributed by atoms with Gasteiger partial charge in [0.1, 0.15) is 0 Å². The summed E-state index contributed by atoms with van der Waals surface area (Å²) in [5.74, 6) is 0. The van der Waals surface area contributed by atoms with E-state index in [0.717, 1.165) is 30.8 Å². The summed E-state index contributed by atoms with van der Waals surface area (Å²) in [6.07, 6.45) is 5.09. The number of hydrogen-bond acceptors (Lipinski definition) is 2. The lowest BCUT2D eigenvalue weighted by atomic mass is 10.1. The smallest absolute Gasteiger partial charge is 0.0781 e. The first-order valence-electron chi connectivity index (χ1n) is 5.46. The number of benzene rings is 1. The third-order valence-electron chi connectivity index (χ3n) is 2.79. The molecular weight excluding hydrogens is 186 g/mol. The fourth-order valence-electron chi connectivity index (χ4n) is 1.99. The molecule has 0 saturated carbocycles. The van der Waals surface area contributed by atoms with Crippen molar-refractivity contribution in [2.24, 2.45) is 0 Å². The van der Waals surface area contributed by atoms with Gasteiger partial charge >= 0.3 is 0 Å². The van der Waals surface area contributed by atoms with E-state index in [2.05, 4.69) is 23.1 Å². The molecule has 0 amide bonds. The van der Waals surface area contributed by atoms with Crippen molar-refractivity contribution in [1.82, 2.24) is 0 Å². The second-order valence-corrected chi connectivity index (χ2v) is 3.94. The van der Waals surface area contributed by atoms with Crippen LogP contribution in [0, 0.1) is 0 Å². The molecular formula is C13H17NO. The summed E-state index contributed by atoms with van der Waals surface area (Å²) in [6.45, 7) is 3.81. The van der Waals surface area contributed by atoms with Gasteiger partial charge in [-0.1, -0.05) is 30.4 Å². The Kier molecular flexibility index (Phi) is 3.07. The molecule has 1 aliphatic heterocycles. The van der Waals surface area contributed by atoms with Crippen molar-refractivity contribution >= 4 is 5.69 Å². The van der Waals surface area contributed by atoms with Crippen molar-refractivity contribution in [2.75, 3.05) is 18.0 Å². The maximum atomic E-state index is 9.69. The number of aliphatic hydroxyl groups is 1. The Morgan fingerprint density at radius 3 is 2.73 bits per heavy atom. The Bertz CT molecular complexity index is 357. The van der Waals surface area contributed by atoms with Crippen LogP contribution in [-0.4, -0.2) is 18.2 Å². The molecule has 0 aliphatic carbocycles. The van der Waals surface area contributed by atoms with Crippen LogP contribution in [0.4, 0.5) is 5.69 Å². The molecule has 2 rings (SSSR count). The van der Waals surface area contributed by atoms with Gasteiger partial charge in [0.15, 0.2) is 0 Å². The van der Waals surface area contributed by atoms with Gasteiger partial charge in [-0.15, -0.1) is 0 Å². The molecule has 1 heterocycles. The summed E-state index contributed by atoms with van der Waals surface area (Å²) >= 11 is 0. The molecule has 0 radical (unpaired) electrons. The lowest BCUT2D eigenvalue weighted by molar-refractivity contribution is 0.199. The lowest BCUT2D eigenvalue weighted by Crippen LogP contribution is -2.27. The highest BCUT2D eigenvalue weighted by molar-refractivity contribution is 5.55. The highest BCUT2D eigenvalue weighted by Gasteiger charge is 2.13. The fraction of sp³-hybridized carbons (Fsp3) is 0.385. The number of aliphatic hydroxyl groups excluding tert-OH is 1. The van der Waals surface area contributed by atoms with Gasteiger partial charge in [0.05, 0.1) is 6.10 Å². The standard InChI is InChI=1S/C13H17NO/c1-11(15)12-7-3-4-8-13(12)14-9-5-2-6-10-14/h2-5,7-8,11,15H,6,9-10H2,1H3. The minimum Gasteiger partial charge on any atom is -0.389 e. The van der Waals surface area contributed by atoms with Crippen LogP contribution < -0.4 is 4.90 Å². The molecule has 0 fully saturated rings. The second-order valence-electron chi connectivity index (χ2n) is 3.94. The zero-order chi connectivity index (χ0) is 10.7. The molecule has 2 nitrogen and oxygen atoms in total. The van der Waals surface area contributed by atoms with E-state index >= 15 is 0 Å². The minimum absolute atomic E-state index is 0.396. The molecule has 1 aromatic rings. The van der Waals surface area contributed by atoms with Crippen molar-refractivity contribution in [1.29, 1.82) is 0 Å². The van der Waals surface area contributed by atoms with Gasteiger partial charge in [-0.3, -0.25) is 0 Å². The van der Waals surface area contributed by atoms with Crippen molar-refractivity contribution in [3.63, 3.8) is 0 Å². The summed E-state index contributed by atoms with van der Waals surface area (Å²) in [6, 6.07) is 8.09. The number of anilines is 1. The van der Waals surface area contributed by atoms with E-state index in [1.807, 2.05) is 25.1 Å². The van der Waals surface area contributed by atoms with Crippen molar-refractivity contribution < 1.29 is 5.11 Å². The molecule has 1 aromatic carbocycles. The Hall–Kier alpha value is -1.28. The van der Waals surface area contributed by atoms with E-state index in [-0.39, 0.29) is 0 Å². The quantitative estimate of drug-likeness (QED) is 0.746. The van der Waals surface area contributed by atoms with Gasteiger partial charge < -0.3 is 10.0 Å². The lowest BCUT2D eigenvalue weighted by Gasteiger charge is -2.28. The molecule has 2 heteroatoms. The van der Waals surface area contributed by atoms with E-state index in [9.17, 15) is 5.11 Å². The topological polar surface area (TPSA) is 23.5 Å². The Morgan fingerprint density at radius 2 is 2.07 bits per heavy atom. The highest BCUT2D eigenvalue weighted by atomic mass is 16.3. The van der Waals surface area contributed by atoms with Crippen LogP contribution in [0.2, 0.25) is 0 Å². The zero-order valence-electron chi connectivity index (χ0n) is 9.06. The van der Waals surface area contributed by atoms with Crippen LogP contribution in [-0.2, 0) is 0 Å². The molecule has 1 atom stereocenters. The van der Waals surface area contributed by atoms with Crippen LogP contribution in [0.25, 0.3) is 0 Å². The number of hydrogen-bond donors (Lipinski definition) is 1. The van der Waals surface area contributed by atoms with Gasteiger partial charge in [0.25, 0.3) is 0 Å². The predicted octanol–water partition coefficient (Wildman–Crippen LogP) is 2.51. The molecule has 0 saturated heterocycles.